The fraction of sp³-hybridized carbons (Fsp3) is 0.222. The smallest absolute Gasteiger partial charge is 0.337 e. The van der Waals surface area contributed by atoms with Gasteiger partial charge in [0.2, 0.25) is 5.91 Å². The van der Waals surface area contributed by atoms with Crippen molar-refractivity contribution in [3.8, 4) is 11.1 Å². The van der Waals surface area contributed by atoms with Gasteiger partial charge in [-0.05, 0) is 11.6 Å². The molecular weight excluding hydrogens is 278 g/mol. The van der Waals surface area contributed by atoms with Gasteiger partial charge in [0.1, 0.15) is 0 Å². The number of anilines is 1. The maximum absolute atomic E-state index is 12.3. The Balaban J connectivity index is 2.58. The van der Waals surface area contributed by atoms with Gasteiger partial charge in [-0.3, -0.25) is 4.79 Å². The van der Waals surface area contributed by atoms with Crippen LogP contribution >= 0.6 is 0 Å². The molecule has 4 heteroatoms. The van der Waals surface area contributed by atoms with Crippen molar-refractivity contribution in [3.63, 3.8) is 0 Å². The Bertz CT molecular complexity index is 700. The lowest BCUT2D eigenvalue weighted by atomic mass is 9.94. The summed E-state index contributed by atoms with van der Waals surface area (Å²) in [6, 6.07) is 14.4. The van der Waals surface area contributed by atoms with Crippen LogP contribution in [0, 0.1) is 5.41 Å². The first-order valence-electron chi connectivity index (χ1n) is 7.04. The molecule has 22 heavy (non-hydrogen) atoms. The van der Waals surface area contributed by atoms with E-state index in [2.05, 4.69) is 5.32 Å². The number of hydrogen-bond acceptors (Lipinski definition) is 2. The molecule has 1 amide bonds. The molecule has 0 aromatic heterocycles. The number of carbonyl (C=O) groups excluding carboxylic acids is 1. The molecule has 2 aromatic rings. The molecule has 4 nitrogen and oxygen atoms in total. The first kappa shape index (κ1) is 15.8. The predicted molar refractivity (Wildman–Crippen MR) is 86.9 cm³/mol. The molecule has 114 valence electrons. The third-order valence-corrected chi connectivity index (χ3v) is 3.30. The van der Waals surface area contributed by atoms with Crippen LogP contribution in [-0.4, -0.2) is 17.0 Å². The highest BCUT2D eigenvalue weighted by Crippen LogP contribution is 2.32. The third kappa shape index (κ3) is 3.34. The van der Waals surface area contributed by atoms with Crippen molar-refractivity contribution >= 4 is 17.6 Å². The van der Waals surface area contributed by atoms with Crippen molar-refractivity contribution in [2.24, 2.45) is 5.41 Å². The molecule has 0 spiro atoms. The number of para-hydroxylation sites is 1. The van der Waals surface area contributed by atoms with E-state index in [0.29, 0.717) is 11.3 Å². The summed E-state index contributed by atoms with van der Waals surface area (Å²) < 4.78 is 0. The normalized spacial score (nSPS) is 11.0. The molecule has 2 N–H and O–H groups in total. The number of benzene rings is 2. The highest BCUT2D eigenvalue weighted by Gasteiger charge is 2.24. The molecule has 0 aliphatic carbocycles. The van der Waals surface area contributed by atoms with E-state index in [-0.39, 0.29) is 11.5 Å². The highest BCUT2D eigenvalue weighted by atomic mass is 16.4. The second-order valence-electron chi connectivity index (χ2n) is 6.10. The van der Waals surface area contributed by atoms with Crippen molar-refractivity contribution < 1.29 is 14.7 Å². The van der Waals surface area contributed by atoms with Crippen LogP contribution in [0.15, 0.2) is 48.5 Å². The Morgan fingerprint density at radius 1 is 0.955 bits per heavy atom. The lowest BCUT2D eigenvalue weighted by molar-refractivity contribution is -0.123. The second kappa shape index (κ2) is 6.02. The summed E-state index contributed by atoms with van der Waals surface area (Å²) in [4.78, 5) is 23.8. The Morgan fingerprint density at radius 2 is 1.59 bits per heavy atom. The van der Waals surface area contributed by atoms with Gasteiger partial charge >= 0.3 is 5.97 Å². The van der Waals surface area contributed by atoms with E-state index in [0.717, 1.165) is 5.56 Å². The minimum absolute atomic E-state index is 0.0824. The van der Waals surface area contributed by atoms with Crippen LogP contribution in [0.25, 0.3) is 11.1 Å². The number of rotatable bonds is 3. The molecule has 2 aromatic carbocycles. The summed E-state index contributed by atoms with van der Waals surface area (Å²) in [6.45, 7) is 5.36. The summed E-state index contributed by atoms with van der Waals surface area (Å²) in [5, 5.41) is 12.2. The molecule has 0 saturated heterocycles. The van der Waals surface area contributed by atoms with Crippen LogP contribution in [0.1, 0.15) is 31.1 Å². The van der Waals surface area contributed by atoms with E-state index in [4.69, 9.17) is 0 Å². The van der Waals surface area contributed by atoms with Crippen LogP contribution < -0.4 is 5.32 Å². The van der Waals surface area contributed by atoms with E-state index in [9.17, 15) is 14.7 Å². The topological polar surface area (TPSA) is 66.4 Å². The van der Waals surface area contributed by atoms with Crippen LogP contribution in [0.3, 0.4) is 0 Å². The quantitative estimate of drug-likeness (QED) is 0.898. The number of aromatic carboxylic acids is 1. The summed E-state index contributed by atoms with van der Waals surface area (Å²) >= 11 is 0. The first-order valence-corrected chi connectivity index (χ1v) is 7.04. The zero-order chi connectivity index (χ0) is 16.3. The minimum Gasteiger partial charge on any atom is -0.478 e. The zero-order valence-corrected chi connectivity index (χ0v) is 12.9. The number of amides is 1. The number of carbonyl (C=O) groups is 2. The summed E-state index contributed by atoms with van der Waals surface area (Å²) in [5.74, 6) is -1.29. The Kier molecular flexibility index (Phi) is 4.31. The van der Waals surface area contributed by atoms with Gasteiger partial charge in [-0.1, -0.05) is 63.2 Å². The van der Waals surface area contributed by atoms with Crippen LogP contribution in [0.4, 0.5) is 5.69 Å². The average Bonchev–Trinajstić information content (AvgIpc) is 2.47. The van der Waals surface area contributed by atoms with Gasteiger partial charge in [-0.25, -0.2) is 4.79 Å². The fourth-order valence-corrected chi connectivity index (χ4v) is 2.02. The fourth-order valence-electron chi connectivity index (χ4n) is 2.02. The molecule has 0 aliphatic rings. The number of nitrogens with one attached hydrogen (secondary N) is 1. The maximum Gasteiger partial charge on any atom is 0.337 e. The van der Waals surface area contributed by atoms with E-state index in [1.54, 1.807) is 32.9 Å². The maximum atomic E-state index is 12.3. The summed E-state index contributed by atoms with van der Waals surface area (Å²) in [7, 11) is 0. The molecule has 0 fully saturated rings. The molecule has 2 rings (SSSR count). The summed E-state index contributed by atoms with van der Waals surface area (Å²) in [6.07, 6.45) is 0. The zero-order valence-electron chi connectivity index (χ0n) is 12.9. The number of carboxylic acids is 1. The summed E-state index contributed by atoms with van der Waals surface area (Å²) in [5.41, 5.74) is 1.35. The predicted octanol–water partition coefficient (Wildman–Crippen LogP) is 4.04. The Labute approximate surface area is 129 Å². The van der Waals surface area contributed by atoms with E-state index in [1.807, 2.05) is 30.3 Å². The van der Waals surface area contributed by atoms with Crippen molar-refractivity contribution in [2.75, 3.05) is 5.32 Å². The highest BCUT2D eigenvalue weighted by molar-refractivity contribution is 6.06. The van der Waals surface area contributed by atoms with Gasteiger partial charge < -0.3 is 10.4 Å². The lowest BCUT2D eigenvalue weighted by Crippen LogP contribution is -2.28. The Hall–Kier alpha value is -2.62. The second-order valence-corrected chi connectivity index (χ2v) is 6.10. The van der Waals surface area contributed by atoms with Gasteiger partial charge in [0.25, 0.3) is 0 Å². The largest absolute Gasteiger partial charge is 0.478 e. The van der Waals surface area contributed by atoms with Gasteiger partial charge in [-0.2, -0.15) is 0 Å². The SMILES string of the molecule is CC(C)(C)C(=O)Nc1c(C(=O)O)cccc1-c1ccccc1. The standard InChI is InChI=1S/C18H19NO3/c1-18(2,3)17(22)19-15-13(12-8-5-4-6-9-12)10-7-11-14(15)16(20)21/h4-11H,1-3H3,(H,19,22)(H,20,21). The molecular formula is C18H19NO3. The van der Waals surface area contributed by atoms with Crippen molar-refractivity contribution in [1.82, 2.24) is 0 Å². The van der Waals surface area contributed by atoms with Crippen molar-refractivity contribution in [3.05, 3.63) is 54.1 Å². The van der Waals surface area contributed by atoms with E-state index >= 15 is 0 Å². The molecule has 0 atom stereocenters. The Morgan fingerprint density at radius 3 is 2.14 bits per heavy atom. The van der Waals surface area contributed by atoms with Crippen LogP contribution in [-0.2, 0) is 4.79 Å². The minimum atomic E-state index is -1.07. The molecule has 0 heterocycles. The number of carboxylic acid groups (broad SMARTS) is 1. The van der Waals surface area contributed by atoms with Gasteiger partial charge in [-0.15, -0.1) is 0 Å². The van der Waals surface area contributed by atoms with Gasteiger partial charge in [0, 0.05) is 11.0 Å². The molecule has 0 saturated carbocycles. The molecule has 0 radical (unpaired) electrons. The monoisotopic (exact) mass is 297 g/mol. The van der Waals surface area contributed by atoms with Gasteiger partial charge in [0.15, 0.2) is 0 Å². The third-order valence-electron chi connectivity index (χ3n) is 3.30. The molecule has 0 bridgehead atoms. The van der Waals surface area contributed by atoms with E-state index in [1.165, 1.54) is 6.07 Å². The molecule has 0 unspecified atom stereocenters. The van der Waals surface area contributed by atoms with Gasteiger partial charge in [0.05, 0.1) is 11.3 Å². The van der Waals surface area contributed by atoms with Crippen LogP contribution in [0.5, 0.6) is 0 Å². The van der Waals surface area contributed by atoms with E-state index < -0.39 is 11.4 Å². The van der Waals surface area contributed by atoms with Crippen LogP contribution in [0.2, 0.25) is 0 Å². The van der Waals surface area contributed by atoms with Crippen molar-refractivity contribution in [1.29, 1.82) is 0 Å². The van der Waals surface area contributed by atoms with Crippen molar-refractivity contribution in [2.45, 2.75) is 20.8 Å². The number of hydrogen-bond donors (Lipinski definition) is 2. The average molecular weight is 297 g/mol. The first-order chi connectivity index (χ1) is 10.3. The molecule has 0 aliphatic heterocycles. The lowest BCUT2D eigenvalue weighted by Gasteiger charge is -2.21.